The summed E-state index contributed by atoms with van der Waals surface area (Å²) in [6, 6.07) is 0. The molecule has 0 atom stereocenters. The molecule has 0 fully saturated rings. The second-order valence-electron chi connectivity index (χ2n) is 4.55. The zero-order valence-electron chi connectivity index (χ0n) is 11.4. The minimum absolute atomic E-state index is 0. The molecule has 19 heavy (non-hydrogen) atoms. The van der Waals surface area contributed by atoms with E-state index in [0.29, 0.717) is 6.54 Å². The molecule has 0 bridgehead atoms. The lowest BCUT2D eigenvalue weighted by molar-refractivity contribution is 0.122. The number of unbranched alkanes of at least 4 members (excludes halogenated alkanes) is 4. The Kier molecular flexibility index (Phi) is 10.8. The van der Waals surface area contributed by atoms with Gasteiger partial charge in [0, 0.05) is 18.3 Å². The van der Waals surface area contributed by atoms with Crippen molar-refractivity contribution in [3.05, 3.63) is 18.0 Å². The Labute approximate surface area is 120 Å². The number of aromatic nitrogens is 2. The molecule has 0 aromatic carbocycles. The normalized spacial score (nSPS) is 10.7. The summed E-state index contributed by atoms with van der Waals surface area (Å²) in [7, 11) is 0. The number of halogens is 3. The van der Waals surface area contributed by atoms with Gasteiger partial charge < -0.3 is 5.32 Å². The fraction of sp³-hybridized carbons (Fsp3) is 0.769. The minimum atomic E-state index is -2.34. The van der Waals surface area contributed by atoms with Gasteiger partial charge in [0.1, 0.15) is 6.54 Å². The van der Waals surface area contributed by atoms with Crippen molar-refractivity contribution in [1.29, 1.82) is 0 Å². The first-order chi connectivity index (χ1) is 8.72. The molecule has 1 aromatic rings. The first-order valence-electron chi connectivity index (χ1n) is 6.72. The van der Waals surface area contributed by atoms with Gasteiger partial charge in [0.15, 0.2) is 0 Å². The third kappa shape index (κ3) is 8.94. The number of alkyl halides is 2. The van der Waals surface area contributed by atoms with Crippen molar-refractivity contribution in [2.75, 3.05) is 6.54 Å². The van der Waals surface area contributed by atoms with Crippen molar-refractivity contribution in [3.63, 3.8) is 0 Å². The van der Waals surface area contributed by atoms with E-state index < -0.39 is 6.43 Å². The Morgan fingerprint density at radius 2 is 2.00 bits per heavy atom. The molecule has 0 radical (unpaired) electrons. The van der Waals surface area contributed by atoms with Gasteiger partial charge in [-0.3, -0.25) is 4.68 Å². The molecule has 0 saturated carbocycles. The van der Waals surface area contributed by atoms with Crippen LogP contribution in [-0.4, -0.2) is 22.8 Å². The van der Waals surface area contributed by atoms with E-state index in [1.165, 1.54) is 36.8 Å². The van der Waals surface area contributed by atoms with Gasteiger partial charge in [-0.2, -0.15) is 5.10 Å². The zero-order valence-corrected chi connectivity index (χ0v) is 12.3. The Morgan fingerprint density at radius 3 is 2.68 bits per heavy atom. The van der Waals surface area contributed by atoms with Crippen LogP contribution in [0.4, 0.5) is 8.78 Å². The van der Waals surface area contributed by atoms with Gasteiger partial charge in [-0.25, -0.2) is 8.78 Å². The molecular formula is C13H24ClF2N3. The summed E-state index contributed by atoms with van der Waals surface area (Å²) in [5.41, 5.74) is 0.962. The maximum absolute atomic E-state index is 12.1. The fourth-order valence-corrected chi connectivity index (χ4v) is 1.83. The SMILES string of the molecule is CCCCCCCNCc1cnn(CC(F)F)c1.Cl. The highest BCUT2D eigenvalue weighted by molar-refractivity contribution is 5.85. The van der Waals surface area contributed by atoms with E-state index in [9.17, 15) is 8.78 Å². The third-order valence-corrected chi connectivity index (χ3v) is 2.80. The van der Waals surface area contributed by atoms with Crippen LogP contribution in [0.1, 0.15) is 44.6 Å². The first-order valence-corrected chi connectivity index (χ1v) is 6.72. The smallest absolute Gasteiger partial charge is 0.257 e. The van der Waals surface area contributed by atoms with Gasteiger partial charge >= 0.3 is 0 Å². The van der Waals surface area contributed by atoms with E-state index >= 15 is 0 Å². The van der Waals surface area contributed by atoms with E-state index in [-0.39, 0.29) is 19.0 Å². The summed E-state index contributed by atoms with van der Waals surface area (Å²) in [6.45, 7) is 3.56. The molecular weight excluding hydrogens is 272 g/mol. The quantitative estimate of drug-likeness (QED) is 0.668. The van der Waals surface area contributed by atoms with Gasteiger partial charge in [0.05, 0.1) is 6.20 Å². The van der Waals surface area contributed by atoms with Gasteiger partial charge in [-0.05, 0) is 13.0 Å². The van der Waals surface area contributed by atoms with E-state index in [4.69, 9.17) is 0 Å². The number of hydrogen-bond acceptors (Lipinski definition) is 2. The van der Waals surface area contributed by atoms with Gasteiger partial charge in [0.25, 0.3) is 6.43 Å². The van der Waals surface area contributed by atoms with Crippen LogP contribution in [0.25, 0.3) is 0 Å². The Hall–Kier alpha value is -0.680. The van der Waals surface area contributed by atoms with E-state index in [0.717, 1.165) is 12.1 Å². The van der Waals surface area contributed by atoms with Gasteiger partial charge in [-0.15, -0.1) is 12.4 Å². The first kappa shape index (κ1) is 18.3. The molecule has 112 valence electrons. The van der Waals surface area contributed by atoms with Crippen LogP contribution in [0.2, 0.25) is 0 Å². The van der Waals surface area contributed by atoms with E-state index in [1.54, 1.807) is 12.4 Å². The van der Waals surface area contributed by atoms with Crippen LogP contribution in [0, 0.1) is 0 Å². The van der Waals surface area contributed by atoms with Crippen LogP contribution in [-0.2, 0) is 13.1 Å². The lowest BCUT2D eigenvalue weighted by atomic mass is 10.1. The molecule has 0 aliphatic heterocycles. The average Bonchev–Trinajstić information content (AvgIpc) is 2.75. The van der Waals surface area contributed by atoms with Crippen molar-refractivity contribution < 1.29 is 8.78 Å². The number of hydrogen-bond donors (Lipinski definition) is 1. The predicted octanol–water partition coefficient (Wildman–Crippen LogP) is 3.63. The number of nitrogens with one attached hydrogen (secondary N) is 1. The summed E-state index contributed by atoms with van der Waals surface area (Å²) in [5, 5.41) is 7.20. The molecule has 1 aromatic heterocycles. The Morgan fingerprint density at radius 1 is 1.26 bits per heavy atom. The summed E-state index contributed by atoms with van der Waals surface area (Å²) < 4.78 is 25.5. The highest BCUT2D eigenvalue weighted by Gasteiger charge is 2.05. The lowest BCUT2D eigenvalue weighted by Gasteiger charge is -2.02. The third-order valence-electron chi connectivity index (χ3n) is 2.80. The van der Waals surface area contributed by atoms with Crippen LogP contribution in [0.5, 0.6) is 0 Å². The van der Waals surface area contributed by atoms with Crippen LogP contribution >= 0.6 is 12.4 Å². The van der Waals surface area contributed by atoms with Crippen molar-refractivity contribution in [1.82, 2.24) is 15.1 Å². The summed E-state index contributed by atoms with van der Waals surface area (Å²) in [4.78, 5) is 0. The summed E-state index contributed by atoms with van der Waals surface area (Å²) in [5.74, 6) is 0. The van der Waals surface area contributed by atoms with Crippen molar-refractivity contribution in [2.45, 2.75) is 58.5 Å². The minimum Gasteiger partial charge on any atom is -0.313 e. The predicted molar refractivity (Wildman–Crippen MR) is 75.9 cm³/mol. The molecule has 1 N–H and O–H groups in total. The molecule has 0 aliphatic rings. The highest BCUT2D eigenvalue weighted by Crippen LogP contribution is 2.03. The molecule has 6 heteroatoms. The average molecular weight is 296 g/mol. The molecule has 0 spiro atoms. The Bertz CT molecular complexity index is 319. The molecule has 1 rings (SSSR count). The second kappa shape index (κ2) is 11.2. The van der Waals surface area contributed by atoms with Crippen LogP contribution < -0.4 is 5.32 Å². The van der Waals surface area contributed by atoms with E-state index in [1.807, 2.05) is 0 Å². The largest absolute Gasteiger partial charge is 0.313 e. The molecule has 3 nitrogen and oxygen atoms in total. The summed E-state index contributed by atoms with van der Waals surface area (Å²) >= 11 is 0. The van der Waals surface area contributed by atoms with Crippen LogP contribution in [0.3, 0.4) is 0 Å². The molecule has 0 saturated heterocycles. The van der Waals surface area contributed by atoms with Gasteiger partial charge in [0.2, 0.25) is 0 Å². The van der Waals surface area contributed by atoms with Gasteiger partial charge in [-0.1, -0.05) is 32.6 Å². The highest BCUT2D eigenvalue weighted by atomic mass is 35.5. The van der Waals surface area contributed by atoms with Crippen molar-refractivity contribution in [3.8, 4) is 0 Å². The molecule has 1 heterocycles. The molecule has 0 unspecified atom stereocenters. The maximum Gasteiger partial charge on any atom is 0.257 e. The molecule has 0 amide bonds. The Balaban J connectivity index is 0.00000324. The van der Waals surface area contributed by atoms with Crippen molar-refractivity contribution in [2.24, 2.45) is 0 Å². The van der Waals surface area contributed by atoms with Crippen LogP contribution in [0.15, 0.2) is 12.4 Å². The van der Waals surface area contributed by atoms with E-state index in [2.05, 4.69) is 17.3 Å². The summed E-state index contributed by atoms with van der Waals surface area (Å²) in [6.07, 6.45) is 7.27. The number of nitrogens with zero attached hydrogens (tertiary/aromatic N) is 2. The fourth-order valence-electron chi connectivity index (χ4n) is 1.83. The molecule has 0 aliphatic carbocycles. The second-order valence-corrected chi connectivity index (χ2v) is 4.55. The topological polar surface area (TPSA) is 29.9 Å². The number of rotatable bonds is 10. The zero-order chi connectivity index (χ0) is 13.2. The van der Waals surface area contributed by atoms with Crippen molar-refractivity contribution >= 4 is 12.4 Å². The lowest BCUT2D eigenvalue weighted by Crippen LogP contribution is -2.14. The maximum atomic E-state index is 12.1. The monoisotopic (exact) mass is 295 g/mol. The standard InChI is InChI=1S/C13H23F2N3.ClH/c1-2-3-4-5-6-7-16-8-12-9-17-18(10-12)11-13(14)15;/h9-10,13,16H,2-8,11H2,1H3;1H.